The normalized spacial score (nSPS) is 14.4. The van der Waals surface area contributed by atoms with Crippen LogP contribution in [0.25, 0.3) is 6.08 Å². The molecule has 0 heterocycles. The molecule has 0 saturated carbocycles. The summed E-state index contributed by atoms with van der Waals surface area (Å²) in [7, 11) is 0. The van der Waals surface area contributed by atoms with Gasteiger partial charge in [0.25, 0.3) is 0 Å². The van der Waals surface area contributed by atoms with Crippen molar-refractivity contribution in [1.82, 2.24) is 0 Å². The molecule has 1 unspecified atom stereocenters. The fourth-order valence-electron chi connectivity index (χ4n) is 1.64. The monoisotopic (exact) mass is 230 g/mol. The third kappa shape index (κ3) is 4.86. The predicted octanol–water partition coefficient (Wildman–Crippen LogP) is 2.23. The Kier molecular flexibility index (Phi) is 5.48. The number of terminal acetylenes is 1. The van der Waals surface area contributed by atoms with Crippen LogP contribution < -0.4 is 0 Å². The quantitative estimate of drug-likeness (QED) is 0.736. The molecule has 17 heavy (non-hydrogen) atoms. The summed E-state index contributed by atoms with van der Waals surface area (Å²) in [4.78, 5) is 0. The zero-order valence-electron chi connectivity index (χ0n) is 9.84. The zero-order valence-corrected chi connectivity index (χ0v) is 9.84. The molecule has 0 spiro atoms. The number of aliphatic hydroxyl groups is 2. The summed E-state index contributed by atoms with van der Waals surface area (Å²) in [6.07, 6.45) is 10.1. The molecule has 0 aliphatic carbocycles. The average molecular weight is 230 g/mol. The predicted molar refractivity (Wildman–Crippen MR) is 70.2 cm³/mol. The van der Waals surface area contributed by atoms with Gasteiger partial charge in [0, 0.05) is 19.4 Å². The molecular weight excluding hydrogens is 212 g/mol. The van der Waals surface area contributed by atoms with Gasteiger partial charge in [-0.05, 0) is 12.0 Å². The van der Waals surface area contributed by atoms with E-state index in [2.05, 4.69) is 5.92 Å². The first-order chi connectivity index (χ1) is 8.20. The maximum atomic E-state index is 10.1. The van der Waals surface area contributed by atoms with E-state index in [4.69, 9.17) is 11.5 Å². The molecule has 1 aromatic carbocycles. The van der Waals surface area contributed by atoms with Crippen molar-refractivity contribution >= 4 is 6.08 Å². The Morgan fingerprint density at radius 1 is 1.29 bits per heavy atom. The molecule has 0 radical (unpaired) electrons. The first kappa shape index (κ1) is 13.5. The van der Waals surface area contributed by atoms with E-state index in [1.165, 1.54) is 0 Å². The molecule has 0 aromatic heterocycles. The van der Waals surface area contributed by atoms with E-state index >= 15 is 0 Å². The number of hydrogen-bond acceptors (Lipinski definition) is 2. The molecule has 2 N–H and O–H groups in total. The Morgan fingerprint density at radius 2 is 2.00 bits per heavy atom. The summed E-state index contributed by atoms with van der Waals surface area (Å²) in [6.45, 7) is -0.0582. The van der Waals surface area contributed by atoms with Crippen LogP contribution in [0.2, 0.25) is 0 Å². The van der Waals surface area contributed by atoms with E-state index in [1.54, 1.807) is 0 Å². The van der Waals surface area contributed by atoms with Gasteiger partial charge in [0.2, 0.25) is 0 Å². The van der Waals surface area contributed by atoms with Gasteiger partial charge in [0.1, 0.15) is 0 Å². The lowest BCUT2D eigenvalue weighted by Crippen LogP contribution is -2.28. The zero-order chi connectivity index (χ0) is 12.6. The number of rotatable bonds is 6. The van der Waals surface area contributed by atoms with E-state index in [0.717, 1.165) is 5.56 Å². The minimum Gasteiger partial charge on any atom is -0.396 e. The summed E-state index contributed by atoms with van der Waals surface area (Å²) < 4.78 is 0. The second kappa shape index (κ2) is 6.90. The molecule has 0 aliphatic rings. The van der Waals surface area contributed by atoms with Gasteiger partial charge in [0.15, 0.2) is 0 Å². The van der Waals surface area contributed by atoms with Crippen LogP contribution in [0.15, 0.2) is 36.4 Å². The van der Waals surface area contributed by atoms with Crippen LogP contribution in [0.4, 0.5) is 0 Å². The lowest BCUT2D eigenvalue weighted by Gasteiger charge is -2.23. The third-order valence-electron chi connectivity index (χ3n) is 2.62. The second-order valence-electron chi connectivity index (χ2n) is 4.10. The van der Waals surface area contributed by atoms with Gasteiger partial charge in [-0.3, -0.25) is 0 Å². The molecule has 90 valence electrons. The van der Waals surface area contributed by atoms with Crippen LogP contribution in [-0.2, 0) is 0 Å². The van der Waals surface area contributed by atoms with Crippen molar-refractivity contribution < 1.29 is 10.2 Å². The Balaban J connectivity index is 2.58. The van der Waals surface area contributed by atoms with Crippen LogP contribution in [0.1, 0.15) is 24.8 Å². The summed E-state index contributed by atoms with van der Waals surface area (Å²) in [5.41, 5.74) is 0.0916. The number of benzene rings is 1. The molecule has 2 heteroatoms. The first-order valence-electron chi connectivity index (χ1n) is 5.68. The minimum atomic E-state index is -0.991. The summed E-state index contributed by atoms with van der Waals surface area (Å²) >= 11 is 0. The summed E-state index contributed by atoms with van der Waals surface area (Å²) in [5.74, 6) is 2.45. The minimum absolute atomic E-state index is 0.0582. The van der Waals surface area contributed by atoms with E-state index in [0.29, 0.717) is 12.8 Å². The largest absolute Gasteiger partial charge is 0.396 e. The standard InChI is InChI=1S/C15H18O2/c1-2-10-15(17,12-13-16)11-6-9-14-7-4-3-5-8-14/h1,3-9,16-17H,10-13H2/b9-6+. The molecule has 0 fully saturated rings. The summed E-state index contributed by atoms with van der Waals surface area (Å²) in [6, 6.07) is 9.85. The Hall–Kier alpha value is -1.56. The SMILES string of the molecule is C#CCC(O)(C/C=C/c1ccccc1)CCO. The Labute approximate surface area is 103 Å². The van der Waals surface area contributed by atoms with Gasteiger partial charge in [0.05, 0.1) is 5.60 Å². The first-order valence-corrected chi connectivity index (χ1v) is 5.68. The third-order valence-corrected chi connectivity index (χ3v) is 2.62. The van der Waals surface area contributed by atoms with Gasteiger partial charge in [-0.2, -0.15) is 0 Å². The van der Waals surface area contributed by atoms with Gasteiger partial charge in [-0.1, -0.05) is 42.5 Å². The van der Waals surface area contributed by atoms with Crippen LogP contribution in [-0.4, -0.2) is 22.4 Å². The lowest BCUT2D eigenvalue weighted by molar-refractivity contribution is 0.0233. The smallest absolute Gasteiger partial charge is 0.0812 e. The molecule has 0 amide bonds. The molecule has 0 bridgehead atoms. The number of aliphatic hydroxyl groups excluding tert-OH is 1. The van der Waals surface area contributed by atoms with Crippen LogP contribution in [0, 0.1) is 12.3 Å². The lowest BCUT2D eigenvalue weighted by atomic mass is 9.92. The topological polar surface area (TPSA) is 40.5 Å². The van der Waals surface area contributed by atoms with Crippen molar-refractivity contribution in [3.63, 3.8) is 0 Å². The van der Waals surface area contributed by atoms with Gasteiger partial charge in [-0.15, -0.1) is 12.3 Å². The van der Waals surface area contributed by atoms with Gasteiger partial charge >= 0.3 is 0 Å². The highest BCUT2D eigenvalue weighted by Crippen LogP contribution is 2.20. The Morgan fingerprint density at radius 3 is 2.59 bits per heavy atom. The van der Waals surface area contributed by atoms with Crippen LogP contribution in [0.3, 0.4) is 0 Å². The van der Waals surface area contributed by atoms with E-state index < -0.39 is 5.60 Å². The van der Waals surface area contributed by atoms with E-state index in [9.17, 15) is 5.11 Å². The fourth-order valence-corrected chi connectivity index (χ4v) is 1.64. The van der Waals surface area contributed by atoms with Crippen molar-refractivity contribution in [3.8, 4) is 12.3 Å². The van der Waals surface area contributed by atoms with E-state index in [1.807, 2.05) is 42.5 Å². The van der Waals surface area contributed by atoms with Crippen molar-refractivity contribution in [2.75, 3.05) is 6.61 Å². The van der Waals surface area contributed by atoms with Crippen molar-refractivity contribution in [3.05, 3.63) is 42.0 Å². The number of hydrogen-bond donors (Lipinski definition) is 2. The molecule has 1 aromatic rings. The van der Waals surface area contributed by atoms with E-state index in [-0.39, 0.29) is 13.0 Å². The highest BCUT2D eigenvalue weighted by molar-refractivity contribution is 5.48. The maximum absolute atomic E-state index is 10.1. The Bertz CT molecular complexity index is 389. The maximum Gasteiger partial charge on any atom is 0.0812 e. The second-order valence-corrected chi connectivity index (χ2v) is 4.10. The van der Waals surface area contributed by atoms with Crippen molar-refractivity contribution in [1.29, 1.82) is 0 Å². The molecule has 0 saturated heterocycles. The van der Waals surface area contributed by atoms with Gasteiger partial charge in [-0.25, -0.2) is 0 Å². The summed E-state index contributed by atoms with van der Waals surface area (Å²) in [5, 5.41) is 19.0. The molecule has 1 rings (SSSR count). The highest BCUT2D eigenvalue weighted by Gasteiger charge is 2.23. The van der Waals surface area contributed by atoms with Crippen LogP contribution in [0.5, 0.6) is 0 Å². The van der Waals surface area contributed by atoms with Crippen molar-refractivity contribution in [2.24, 2.45) is 0 Å². The van der Waals surface area contributed by atoms with Gasteiger partial charge < -0.3 is 10.2 Å². The molecule has 0 aliphatic heterocycles. The average Bonchev–Trinajstić information content (AvgIpc) is 2.31. The van der Waals surface area contributed by atoms with Crippen molar-refractivity contribution in [2.45, 2.75) is 24.9 Å². The fraction of sp³-hybridized carbons (Fsp3) is 0.333. The molecule has 1 atom stereocenters. The molecular formula is C15H18O2. The highest BCUT2D eigenvalue weighted by atomic mass is 16.3. The van der Waals surface area contributed by atoms with Crippen LogP contribution >= 0.6 is 0 Å². The molecule has 2 nitrogen and oxygen atoms in total.